The third-order valence-corrected chi connectivity index (χ3v) is 4.70. The molecule has 5 heteroatoms. The van der Waals surface area contributed by atoms with Gasteiger partial charge in [-0.15, -0.1) is 0 Å². The van der Waals surface area contributed by atoms with E-state index in [-0.39, 0.29) is 6.61 Å². The number of piperazine rings is 1. The number of ether oxygens (including phenoxy) is 1. The summed E-state index contributed by atoms with van der Waals surface area (Å²) in [6, 6.07) is 17.8. The first kappa shape index (κ1) is 17.1. The number of hydrogen-bond donors (Lipinski definition) is 2. The van der Waals surface area contributed by atoms with Crippen LogP contribution in [0, 0.1) is 0 Å². The zero-order valence-corrected chi connectivity index (χ0v) is 14.5. The Morgan fingerprint density at radius 3 is 2.42 bits per heavy atom. The average Bonchev–Trinajstić information content (AvgIpc) is 2.62. The molecule has 2 aromatic carbocycles. The number of quaternary nitrogens is 1. The van der Waals surface area contributed by atoms with Gasteiger partial charge in [0.25, 0.3) is 0 Å². The molecule has 1 aliphatic rings. The highest BCUT2D eigenvalue weighted by Gasteiger charge is 2.22. The molecule has 0 unspecified atom stereocenters. The zero-order valence-electron chi connectivity index (χ0n) is 13.7. The van der Waals surface area contributed by atoms with Crippen LogP contribution in [0.5, 0.6) is 5.75 Å². The molecule has 128 valence electrons. The predicted octanol–water partition coefficient (Wildman–Crippen LogP) is 1.48. The second kappa shape index (κ2) is 8.38. The predicted molar refractivity (Wildman–Crippen MR) is 97.2 cm³/mol. The molecule has 1 heterocycles. The highest BCUT2D eigenvalue weighted by Crippen LogP contribution is 2.23. The summed E-state index contributed by atoms with van der Waals surface area (Å²) in [6.07, 6.45) is -0.487. The van der Waals surface area contributed by atoms with Gasteiger partial charge in [-0.25, -0.2) is 0 Å². The van der Waals surface area contributed by atoms with Crippen LogP contribution in [0.4, 0.5) is 5.69 Å². The molecule has 3 rings (SSSR count). The van der Waals surface area contributed by atoms with E-state index in [2.05, 4.69) is 29.2 Å². The van der Waals surface area contributed by atoms with Gasteiger partial charge in [-0.3, -0.25) is 0 Å². The van der Waals surface area contributed by atoms with Crippen LogP contribution in [0.1, 0.15) is 0 Å². The number of aliphatic hydroxyl groups excluding tert-OH is 1. The van der Waals surface area contributed by atoms with Gasteiger partial charge in [-0.1, -0.05) is 41.9 Å². The lowest BCUT2D eigenvalue weighted by atomic mass is 10.2. The van der Waals surface area contributed by atoms with Crippen LogP contribution in [0.15, 0.2) is 54.6 Å². The van der Waals surface area contributed by atoms with Crippen LogP contribution in [0.2, 0.25) is 5.02 Å². The molecule has 2 N–H and O–H groups in total. The van der Waals surface area contributed by atoms with Crippen molar-refractivity contribution in [2.24, 2.45) is 0 Å². The molecule has 1 fully saturated rings. The first-order chi connectivity index (χ1) is 11.7. The quantitative estimate of drug-likeness (QED) is 0.831. The van der Waals surface area contributed by atoms with Crippen LogP contribution in [0.25, 0.3) is 0 Å². The van der Waals surface area contributed by atoms with E-state index in [0.29, 0.717) is 17.3 Å². The summed E-state index contributed by atoms with van der Waals surface area (Å²) in [5.41, 5.74) is 1.28. The number of halogens is 1. The van der Waals surface area contributed by atoms with Crippen LogP contribution in [-0.4, -0.2) is 50.5 Å². The molecule has 1 aliphatic heterocycles. The molecule has 2 aromatic rings. The molecule has 0 aromatic heterocycles. The second-order valence-electron chi connectivity index (χ2n) is 6.17. The fourth-order valence-corrected chi connectivity index (χ4v) is 3.25. The lowest BCUT2D eigenvalue weighted by Crippen LogP contribution is -3.16. The minimum absolute atomic E-state index is 0.273. The number of hydrogen-bond acceptors (Lipinski definition) is 3. The number of aliphatic hydroxyl groups is 1. The van der Waals surface area contributed by atoms with Crippen molar-refractivity contribution >= 4 is 17.3 Å². The van der Waals surface area contributed by atoms with E-state index in [1.807, 2.05) is 24.3 Å². The Hall–Kier alpha value is -1.75. The van der Waals surface area contributed by atoms with Gasteiger partial charge in [0.2, 0.25) is 0 Å². The largest absolute Gasteiger partial charge is 0.489 e. The summed E-state index contributed by atoms with van der Waals surface area (Å²) in [6.45, 7) is 5.05. The molecular formula is C19H24ClN2O2+. The smallest absolute Gasteiger partial charge is 0.138 e. The number of rotatable bonds is 6. The maximum Gasteiger partial charge on any atom is 0.138 e. The molecule has 1 saturated heterocycles. The van der Waals surface area contributed by atoms with Gasteiger partial charge in [0, 0.05) is 5.69 Å². The summed E-state index contributed by atoms with van der Waals surface area (Å²) >= 11 is 6.06. The Balaban J connectivity index is 1.42. The SMILES string of the molecule is O[C@@H](COc1ccccc1Cl)C[NH+]1CCN(c2ccccc2)CC1. The van der Waals surface area contributed by atoms with E-state index in [1.54, 1.807) is 6.07 Å². The van der Waals surface area contributed by atoms with Crippen LogP contribution >= 0.6 is 11.6 Å². The maximum absolute atomic E-state index is 10.2. The highest BCUT2D eigenvalue weighted by molar-refractivity contribution is 6.32. The summed E-state index contributed by atoms with van der Waals surface area (Å²) in [5.74, 6) is 0.627. The van der Waals surface area contributed by atoms with Crippen molar-refractivity contribution in [3.05, 3.63) is 59.6 Å². The van der Waals surface area contributed by atoms with Crippen LogP contribution in [-0.2, 0) is 0 Å². The van der Waals surface area contributed by atoms with Crippen molar-refractivity contribution in [1.82, 2.24) is 0 Å². The van der Waals surface area contributed by atoms with E-state index < -0.39 is 6.10 Å². The van der Waals surface area contributed by atoms with Crippen molar-refractivity contribution in [1.29, 1.82) is 0 Å². The Morgan fingerprint density at radius 2 is 1.71 bits per heavy atom. The summed E-state index contributed by atoms with van der Waals surface area (Å²) < 4.78 is 5.62. The Morgan fingerprint density at radius 1 is 1.04 bits per heavy atom. The first-order valence-electron chi connectivity index (χ1n) is 8.41. The Labute approximate surface area is 148 Å². The maximum atomic E-state index is 10.2. The van der Waals surface area contributed by atoms with Crippen LogP contribution < -0.4 is 14.5 Å². The molecule has 0 saturated carbocycles. The lowest BCUT2D eigenvalue weighted by Gasteiger charge is -2.34. The van der Waals surface area contributed by atoms with E-state index in [9.17, 15) is 5.11 Å². The van der Waals surface area contributed by atoms with E-state index in [1.165, 1.54) is 10.6 Å². The molecular weight excluding hydrogens is 324 g/mol. The highest BCUT2D eigenvalue weighted by atomic mass is 35.5. The number of para-hydroxylation sites is 2. The summed E-state index contributed by atoms with van der Waals surface area (Å²) in [5, 5.41) is 10.8. The van der Waals surface area contributed by atoms with Crippen LogP contribution in [0.3, 0.4) is 0 Å². The normalized spacial score (nSPS) is 16.8. The van der Waals surface area contributed by atoms with Crippen molar-refractivity contribution < 1.29 is 14.7 Å². The van der Waals surface area contributed by atoms with Crippen molar-refractivity contribution in [3.8, 4) is 5.75 Å². The first-order valence-corrected chi connectivity index (χ1v) is 8.79. The molecule has 0 bridgehead atoms. The summed E-state index contributed by atoms with van der Waals surface area (Å²) in [4.78, 5) is 3.81. The number of nitrogens with zero attached hydrogens (tertiary/aromatic N) is 1. The van der Waals surface area contributed by atoms with Gasteiger partial charge in [-0.2, -0.15) is 0 Å². The summed E-state index contributed by atoms with van der Waals surface area (Å²) in [7, 11) is 0. The lowest BCUT2D eigenvalue weighted by molar-refractivity contribution is -0.903. The molecule has 0 radical (unpaired) electrons. The van der Waals surface area contributed by atoms with Gasteiger partial charge in [0.1, 0.15) is 25.0 Å². The molecule has 1 atom stereocenters. The zero-order chi connectivity index (χ0) is 16.8. The Bertz CT molecular complexity index is 630. The molecule has 0 spiro atoms. The van der Waals surface area contributed by atoms with Gasteiger partial charge in [-0.05, 0) is 24.3 Å². The standard InChI is InChI=1S/C19H23ClN2O2/c20-18-8-4-5-9-19(18)24-15-17(23)14-21-10-12-22(13-11-21)16-6-2-1-3-7-16/h1-9,17,23H,10-15H2/p+1/t17-/m1/s1. The minimum atomic E-state index is -0.487. The molecule has 0 aliphatic carbocycles. The van der Waals surface area contributed by atoms with Gasteiger partial charge < -0.3 is 19.6 Å². The van der Waals surface area contributed by atoms with Crippen molar-refractivity contribution in [3.63, 3.8) is 0 Å². The van der Waals surface area contributed by atoms with Gasteiger partial charge >= 0.3 is 0 Å². The van der Waals surface area contributed by atoms with Crippen molar-refractivity contribution in [2.75, 3.05) is 44.2 Å². The van der Waals surface area contributed by atoms with E-state index in [0.717, 1.165) is 26.2 Å². The molecule has 24 heavy (non-hydrogen) atoms. The number of anilines is 1. The molecule has 4 nitrogen and oxygen atoms in total. The molecule has 0 amide bonds. The third kappa shape index (κ3) is 4.63. The number of benzene rings is 2. The Kier molecular flexibility index (Phi) is 5.96. The fraction of sp³-hybridized carbons (Fsp3) is 0.368. The van der Waals surface area contributed by atoms with E-state index in [4.69, 9.17) is 16.3 Å². The number of nitrogens with one attached hydrogen (secondary N) is 1. The van der Waals surface area contributed by atoms with Gasteiger partial charge in [0.15, 0.2) is 0 Å². The van der Waals surface area contributed by atoms with E-state index >= 15 is 0 Å². The fourth-order valence-electron chi connectivity index (χ4n) is 3.06. The minimum Gasteiger partial charge on any atom is -0.489 e. The monoisotopic (exact) mass is 347 g/mol. The van der Waals surface area contributed by atoms with Gasteiger partial charge in [0.05, 0.1) is 31.2 Å². The average molecular weight is 348 g/mol. The topological polar surface area (TPSA) is 37.1 Å². The van der Waals surface area contributed by atoms with Crippen molar-refractivity contribution in [2.45, 2.75) is 6.10 Å². The third-order valence-electron chi connectivity index (χ3n) is 4.38. The second-order valence-corrected chi connectivity index (χ2v) is 6.58.